The minimum Gasteiger partial charge on any atom is -0.478 e. The van der Waals surface area contributed by atoms with Crippen molar-refractivity contribution < 1.29 is 15.0 Å². The Morgan fingerprint density at radius 1 is 1.39 bits per heavy atom. The first-order chi connectivity index (χ1) is 8.60. The van der Waals surface area contributed by atoms with Gasteiger partial charge in [0.05, 0.1) is 12.2 Å². The number of carbonyl (C=O) groups is 1. The second-order valence-electron chi connectivity index (χ2n) is 4.71. The van der Waals surface area contributed by atoms with Crippen molar-refractivity contribution in [1.82, 2.24) is 4.90 Å². The van der Waals surface area contributed by atoms with E-state index >= 15 is 0 Å². The van der Waals surface area contributed by atoms with Crippen LogP contribution in [0.2, 0.25) is 0 Å². The monoisotopic (exact) mass is 249 g/mol. The van der Waals surface area contributed by atoms with E-state index in [1.54, 1.807) is 12.1 Å². The van der Waals surface area contributed by atoms with Gasteiger partial charge in [-0.2, -0.15) is 0 Å². The predicted octanol–water partition coefficient (Wildman–Crippen LogP) is 2.20. The molecule has 2 N–H and O–H groups in total. The smallest absolute Gasteiger partial charge is 0.335 e. The van der Waals surface area contributed by atoms with Crippen LogP contribution in [-0.4, -0.2) is 34.2 Å². The van der Waals surface area contributed by atoms with E-state index in [4.69, 9.17) is 10.2 Å². The summed E-state index contributed by atoms with van der Waals surface area (Å²) in [5.74, 6) is -0.888. The zero-order chi connectivity index (χ0) is 13.3. The van der Waals surface area contributed by atoms with Crippen molar-refractivity contribution in [2.75, 3.05) is 13.2 Å². The van der Waals surface area contributed by atoms with Gasteiger partial charge in [0.1, 0.15) is 0 Å². The summed E-state index contributed by atoms with van der Waals surface area (Å²) in [7, 11) is 0. The minimum atomic E-state index is -0.888. The molecular formula is C14H19NO3. The number of aromatic carboxylic acids is 1. The summed E-state index contributed by atoms with van der Waals surface area (Å²) in [4.78, 5) is 13.3. The molecule has 0 aromatic heterocycles. The quantitative estimate of drug-likeness (QED) is 0.858. The molecule has 2 unspecified atom stereocenters. The van der Waals surface area contributed by atoms with Gasteiger partial charge in [-0.15, -0.1) is 0 Å². The van der Waals surface area contributed by atoms with Crippen LogP contribution in [0.4, 0.5) is 0 Å². The summed E-state index contributed by atoms with van der Waals surface area (Å²) < 4.78 is 0. The Bertz CT molecular complexity index is 458. The molecule has 0 amide bonds. The number of benzene rings is 1. The van der Waals surface area contributed by atoms with Crippen LogP contribution in [0.3, 0.4) is 0 Å². The first-order valence-electron chi connectivity index (χ1n) is 6.33. The second kappa shape index (κ2) is 5.08. The Kier molecular flexibility index (Phi) is 3.68. The third-order valence-corrected chi connectivity index (χ3v) is 3.79. The molecule has 2 atom stereocenters. The number of aliphatic hydroxyl groups excluding tert-OH is 1. The highest BCUT2D eigenvalue weighted by molar-refractivity contribution is 5.88. The Hall–Kier alpha value is -1.39. The molecule has 1 aromatic carbocycles. The minimum absolute atomic E-state index is 0.126. The highest BCUT2D eigenvalue weighted by Gasteiger charge is 2.34. The first-order valence-corrected chi connectivity index (χ1v) is 6.33. The average molecular weight is 249 g/mol. The molecule has 1 aliphatic rings. The van der Waals surface area contributed by atoms with E-state index < -0.39 is 5.97 Å². The molecule has 4 heteroatoms. The second-order valence-corrected chi connectivity index (χ2v) is 4.71. The van der Waals surface area contributed by atoms with Crippen LogP contribution in [0.25, 0.3) is 0 Å². The molecular weight excluding hydrogens is 230 g/mol. The van der Waals surface area contributed by atoms with Crippen LogP contribution in [0.1, 0.15) is 53.8 Å². The zero-order valence-electron chi connectivity index (χ0n) is 10.8. The van der Waals surface area contributed by atoms with Gasteiger partial charge in [0.25, 0.3) is 0 Å². The van der Waals surface area contributed by atoms with Gasteiger partial charge < -0.3 is 10.2 Å². The van der Waals surface area contributed by atoms with Gasteiger partial charge in [-0.05, 0) is 36.6 Å². The molecule has 0 saturated heterocycles. The number of fused-ring (bicyclic) bond motifs is 1. The molecule has 4 nitrogen and oxygen atoms in total. The number of rotatable bonds is 4. The number of hydrogen-bond acceptors (Lipinski definition) is 3. The molecule has 18 heavy (non-hydrogen) atoms. The fourth-order valence-electron chi connectivity index (χ4n) is 2.92. The lowest BCUT2D eigenvalue weighted by Gasteiger charge is -2.27. The van der Waals surface area contributed by atoms with Crippen molar-refractivity contribution in [3.8, 4) is 0 Å². The molecule has 1 aromatic rings. The van der Waals surface area contributed by atoms with Crippen molar-refractivity contribution in [1.29, 1.82) is 0 Å². The first kappa shape index (κ1) is 13.1. The third kappa shape index (κ3) is 2.02. The summed E-state index contributed by atoms with van der Waals surface area (Å²) in [5.41, 5.74) is 2.61. The molecule has 0 bridgehead atoms. The number of aliphatic hydroxyl groups is 1. The van der Waals surface area contributed by atoms with Crippen molar-refractivity contribution in [3.05, 3.63) is 34.9 Å². The van der Waals surface area contributed by atoms with Crippen molar-refractivity contribution in [3.63, 3.8) is 0 Å². The maximum Gasteiger partial charge on any atom is 0.335 e. The molecule has 2 rings (SSSR count). The summed E-state index contributed by atoms with van der Waals surface area (Å²) >= 11 is 0. The summed E-state index contributed by atoms with van der Waals surface area (Å²) in [6.07, 6.45) is 0.917. The van der Waals surface area contributed by atoms with E-state index in [-0.39, 0.29) is 18.7 Å². The van der Waals surface area contributed by atoms with E-state index in [2.05, 4.69) is 18.7 Å². The standard InChI is InChI=1S/C14H19NO3/c1-3-13-12-8-10(14(17)18)4-5-11(12)9(2)15(13)6-7-16/h4-5,8-9,13,16H,3,6-7H2,1-2H3,(H,17,18). The predicted molar refractivity (Wildman–Crippen MR) is 68.6 cm³/mol. The maximum absolute atomic E-state index is 11.0. The van der Waals surface area contributed by atoms with Gasteiger partial charge >= 0.3 is 5.97 Å². The molecule has 1 aliphatic heterocycles. The van der Waals surface area contributed by atoms with Crippen LogP contribution in [0, 0.1) is 0 Å². The zero-order valence-corrected chi connectivity index (χ0v) is 10.8. The Morgan fingerprint density at radius 3 is 2.67 bits per heavy atom. The largest absolute Gasteiger partial charge is 0.478 e. The molecule has 98 valence electrons. The van der Waals surface area contributed by atoms with Crippen molar-refractivity contribution in [2.24, 2.45) is 0 Å². The Balaban J connectivity index is 2.43. The van der Waals surface area contributed by atoms with Crippen molar-refractivity contribution in [2.45, 2.75) is 32.4 Å². The SMILES string of the molecule is CCC1c2cc(C(=O)O)ccc2C(C)N1CCO. The highest BCUT2D eigenvalue weighted by Crippen LogP contribution is 2.43. The molecule has 0 radical (unpaired) electrons. The number of nitrogens with zero attached hydrogens (tertiary/aromatic N) is 1. The van der Waals surface area contributed by atoms with Crippen LogP contribution in [0.15, 0.2) is 18.2 Å². The Labute approximate surface area is 107 Å². The number of β-amino-alcohol motifs (C(OH)–C–C–N with tert-alkyl or cyclic N) is 1. The summed E-state index contributed by atoms with van der Waals surface area (Å²) in [6, 6.07) is 5.79. The van der Waals surface area contributed by atoms with Gasteiger partial charge in [-0.3, -0.25) is 4.90 Å². The lowest BCUT2D eigenvalue weighted by Crippen LogP contribution is -2.27. The van der Waals surface area contributed by atoms with E-state index in [9.17, 15) is 4.79 Å². The molecule has 0 spiro atoms. The van der Waals surface area contributed by atoms with Crippen molar-refractivity contribution >= 4 is 5.97 Å². The van der Waals surface area contributed by atoms with Crippen LogP contribution in [-0.2, 0) is 0 Å². The normalized spacial score (nSPS) is 23.1. The Morgan fingerprint density at radius 2 is 2.11 bits per heavy atom. The summed E-state index contributed by atoms with van der Waals surface area (Å²) in [6.45, 7) is 4.94. The number of hydrogen-bond donors (Lipinski definition) is 2. The maximum atomic E-state index is 11.0. The van der Waals surface area contributed by atoms with Crippen LogP contribution in [0.5, 0.6) is 0 Å². The van der Waals surface area contributed by atoms with Gasteiger partial charge in [0.2, 0.25) is 0 Å². The van der Waals surface area contributed by atoms with Gasteiger partial charge in [-0.1, -0.05) is 13.0 Å². The van der Waals surface area contributed by atoms with Gasteiger partial charge in [-0.25, -0.2) is 4.79 Å². The third-order valence-electron chi connectivity index (χ3n) is 3.79. The topological polar surface area (TPSA) is 60.8 Å². The molecule has 1 heterocycles. The van der Waals surface area contributed by atoms with E-state index in [1.807, 2.05) is 6.07 Å². The average Bonchev–Trinajstić information content (AvgIpc) is 2.62. The number of carboxylic acids is 1. The molecule has 0 fully saturated rings. The van der Waals surface area contributed by atoms with Crippen LogP contribution < -0.4 is 0 Å². The fourth-order valence-corrected chi connectivity index (χ4v) is 2.92. The summed E-state index contributed by atoms with van der Waals surface area (Å²) in [5, 5.41) is 18.2. The lowest BCUT2D eigenvalue weighted by atomic mass is 9.98. The van der Waals surface area contributed by atoms with E-state index in [0.717, 1.165) is 12.0 Å². The lowest BCUT2D eigenvalue weighted by molar-refractivity contribution is 0.0696. The van der Waals surface area contributed by atoms with Gasteiger partial charge in [0, 0.05) is 18.6 Å². The molecule has 0 saturated carbocycles. The van der Waals surface area contributed by atoms with E-state index in [0.29, 0.717) is 12.1 Å². The van der Waals surface area contributed by atoms with E-state index in [1.165, 1.54) is 5.56 Å². The number of carboxylic acid groups (broad SMARTS) is 1. The molecule has 0 aliphatic carbocycles. The fraction of sp³-hybridized carbons (Fsp3) is 0.500. The highest BCUT2D eigenvalue weighted by atomic mass is 16.4. The van der Waals surface area contributed by atoms with Gasteiger partial charge in [0.15, 0.2) is 0 Å². The van der Waals surface area contributed by atoms with Crippen LogP contribution >= 0.6 is 0 Å².